The molecule has 0 atom stereocenters. The number of hydrogen-bond acceptors (Lipinski definition) is 3. The topological polar surface area (TPSA) is 45.0 Å². The first-order chi connectivity index (χ1) is 6.34. The molecule has 0 unspecified atom stereocenters. The van der Waals surface area contributed by atoms with Crippen LogP contribution in [0.1, 0.15) is 19.8 Å². The number of phenols is 1. The van der Waals surface area contributed by atoms with Crippen LogP contribution >= 0.6 is 0 Å². The van der Waals surface area contributed by atoms with E-state index in [1.807, 2.05) is 6.07 Å². The van der Waals surface area contributed by atoms with Crippen molar-refractivity contribution in [3.8, 4) is 5.75 Å². The Balaban J connectivity index is 2.53. The number of phenolic OH excluding ortho intramolecular Hbond substituents is 1. The molecule has 0 radical (unpaired) electrons. The summed E-state index contributed by atoms with van der Waals surface area (Å²) < 4.78 is 0. The number of azo groups is 1. The monoisotopic (exact) mass is 178 g/mol. The normalized spacial score (nSPS) is 10.8. The molecule has 0 aliphatic rings. The van der Waals surface area contributed by atoms with Gasteiger partial charge in [-0.25, -0.2) is 0 Å². The molecule has 1 N–H and O–H groups in total. The molecule has 0 amide bonds. The molecule has 0 bridgehead atoms. The standard InChI is InChI=1S/C10H14N2O/c1-2-3-8-11-12-9-6-4-5-7-10(9)13/h4-7,13H,2-3,8H2,1H3. The number of para-hydroxylation sites is 1. The van der Waals surface area contributed by atoms with Crippen molar-refractivity contribution in [1.29, 1.82) is 0 Å². The Morgan fingerprint density at radius 2 is 2.08 bits per heavy atom. The lowest BCUT2D eigenvalue weighted by Crippen LogP contribution is -1.75. The van der Waals surface area contributed by atoms with Gasteiger partial charge in [0.15, 0.2) is 0 Å². The zero-order chi connectivity index (χ0) is 9.52. The summed E-state index contributed by atoms with van der Waals surface area (Å²) in [5, 5.41) is 17.2. The predicted molar refractivity (Wildman–Crippen MR) is 52.4 cm³/mol. The van der Waals surface area contributed by atoms with E-state index in [0.717, 1.165) is 19.4 Å². The van der Waals surface area contributed by atoms with Gasteiger partial charge in [0.25, 0.3) is 0 Å². The first-order valence-corrected chi connectivity index (χ1v) is 4.50. The quantitative estimate of drug-likeness (QED) is 0.558. The van der Waals surface area contributed by atoms with Crippen LogP contribution in [0, 0.1) is 0 Å². The maximum atomic E-state index is 9.31. The summed E-state index contributed by atoms with van der Waals surface area (Å²) in [6.07, 6.45) is 2.15. The van der Waals surface area contributed by atoms with Crippen LogP contribution in [-0.2, 0) is 0 Å². The zero-order valence-electron chi connectivity index (χ0n) is 7.77. The van der Waals surface area contributed by atoms with Gasteiger partial charge >= 0.3 is 0 Å². The fourth-order valence-corrected chi connectivity index (χ4v) is 0.904. The maximum Gasteiger partial charge on any atom is 0.143 e. The van der Waals surface area contributed by atoms with Crippen molar-refractivity contribution in [1.82, 2.24) is 0 Å². The molecule has 1 aromatic carbocycles. The van der Waals surface area contributed by atoms with Gasteiger partial charge in [0.2, 0.25) is 0 Å². The maximum absolute atomic E-state index is 9.31. The largest absolute Gasteiger partial charge is 0.506 e. The van der Waals surface area contributed by atoms with Crippen LogP contribution in [0.15, 0.2) is 34.5 Å². The number of hydrogen-bond donors (Lipinski definition) is 1. The van der Waals surface area contributed by atoms with Gasteiger partial charge < -0.3 is 5.11 Å². The van der Waals surface area contributed by atoms with E-state index in [1.165, 1.54) is 0 Å². The zero-order valence-corrected chi connectivity index (χ0v) is 7.77. The second-order valence-corrected chi connectivity index (χ2v) is 2.81. The van der Waals surface area contributed by atoms with Crippen molar-refractivity contribution in [2.75, 3.05) is 6.54 Å². The summed E-state index contributed by atoms with van der Waals surface area (Å²) in [4.78, 5) is 0. The fraction of sp³-hybridized carbons (Fsp3) is 0.400. The van der Waals surface area contributed by atoms with Gasteiger partial charge in [-0.05, 0) is 18.6 Å². The van der Waals surface area contributed by atoms with Crippen molar-refractivity contribution in [2.24, 2.45) is 10.2 Å². The number of rotatable bonds is 4. The molecule has 0 spiro atoms. The second kappa shape index (κ2) is 5.30. The SMILES string of the molecule is CCCCN=Nc1ccccc1O. The summed E-state index contributed by atoms with van der Waals surface area (Å²) in [5.74, 6) is 0.183. The van der Waals surface area contributed by atoms with E-state index < -0.39 is 0 Å². The summed E-state index contributed by atoms with van der Waals surface area (Å²) in [5.41, 5.74) is 0.540. The molecule has 0 aliphatic carbocycles. The number of aromatic hydroxyl groups is 1. The van der Waals surface area contributed by atoms with Gasteiger partial charge in [0.05, 0.1) is 6.54 Å². The summed E-state index contributed by atoms with van der Waals surface area (Å²) in [6.45, 7) is 2.83. The van der Waals surface area contributed by atoms with Crippen LogP contribution in [-0.4, -0.2) is 11.7 Å². The van der Waals surface area contributed by atoms with Crippen molar-refractivity contribution in [3.63, 3.8) is 0 Å². The van der Waals surface area contributed by atoms with E-state index in [2.05, 4.69) is 17.2 Å². The minimum absolute atomic E-state index is 0.183. The lowest BCUT2D eigenvalue weighted by Gasteiger charge is -1.95. The van der Waals surface area contributed by atoms with Gasteiger partial charge in [-0.1, -0.05) is 25.5 Å². The van der Waals surface area contributed by atoms with E-state index >= 15 is 0 Å². The van der Waals surface area contributed by atoms with Crippen molar-refractivity contribution in [3.05, 3.63) is 24.3 Å². The van der Waals surface area contributed by atoms with Gasteiger partial charge in [0.1, 0.15) is 11.4 Å². The Morgan fingerprint density at radius 1 is 1.31 bits per heavy atom. The molecule has 0 heterocycles. The molecular formula is C10H14N2O. The van der Waals surface area contributed by atoms with E-state index in [4.69, 9.17) is 0 Å². The Kier molecular flexibility index (Phi) is 3.96. The summed E-state index contributed by atoms with van der Waals surface area (Å²) in [6, 6.07) is 6.94. The average molecular weight is 178 g/mol. The highest BCUT2D eigenvalue weighted by molar-refractivity contribution is 5.49. The Morgan fingerprint density at radius 3 is 2.77 bits per heavy atom. The Hall–Kier alpha value is -1.38. The van der Waals surface area contributed by atoms with E-state index in [0.29, 0.717) is 5.69 Å². The molecule has 1 rings (SSSR count). The molecule has 13 heavy (non-hydrogen) atoms. The first-order valence-electron chi connectivity index (χ1n) is 4.50. The average Bonchev–Trinajstić information content (AvgIpc) is 2.15. The molecule has 0 saturated heterocycles. The van der Waals surface area contributed by atoms with Crippen LogP contribution in [0.3, 0.4) is 0 Å². The van der Waals surface area contributed by atoms with Crippen LogP contribution in [0.4, 0.5) is 5.69 Å². The lowest BCUT2D eigenvalue weighted by atomic mass is 10.3. The number of unbranched alkanes of at least 4 members (excludes halogenated alkanes) is 1. The minimum atomic E-state index is 0.183. The second-order valence-electron chi connectivity index (χ2n) is 2.81. The molecule has 70 valence electrons. The molecular weight excluding hydrogens is 164 g/mol. The van der Waals surface area contributed by atoms with E-state index in [-0.39, 0.29) is 5.75 Å². The highest BCUT2D eigenvalue weighted by atomic mass is 16.3. The minimum Gasteiger partial charge on any atom is -0.506 e. The van der Waals surface area contributed by atoms with Crippen molar-refractivity contribution >= 4 is 5.69 Å². The van der Waals surface area contributed by atoms with E-state index in [9.17, 15) is 5.11 Å². The van der Waals surface area contributed by atoms with Gasteiger partial charge in [-0.15, -0.1) is 0 Å². The van der Waals surface area contributed by atoms with Gasteiger partial charge in [-0.3, -0.25) is 0 Å². The van der Waals surface area contributed by atoms with Crippen LogP contribution < -0.4 is 0 Å². The molecule has 0 saturated carbocycles. The highest BCUT2D eigenvalue weighted by Crippen LogP contribution is 2.24. The highest BCUT2D eigenvalue weighted by Gasteiger charge is 1.94. The fourth-order valence-electron chi connectivity index (χ4n) is 0.904. The van der Waals surface area contributed by atoms with Crippen molar-refractivity contribution in [2.45, 2.75) is 19.8 Å². The van der Waals surface area contributed by atoms with Crippen molar-refractivity contribution < 1.29 is 5.11 Å². The lowest BCUT2D eigenvalue weighted by molar-refractivity contribution is 0.476. The van der Waals surface area contributed by atoms with E-state index in [1.54, 1.807) is 18.2 Å². The summed E-state index contributed by atoms with van der Waals surface area (Å²) >= 11 is 0. The van der Waals surface area contributed by atoms with Gasteiger partial charge in [0, 0.05) is 0 Å². The predicted octanol–water partition coefficient (Wildman–Crippen LogP) is 3.28. The smallest absolute Gasteiger partial charge is 0.143 e. The third-order valence-corrected chi connectivity index (χ3v) is 1.67. The molecule has 3 heteroatoms. The van der Waals surface area contributed by atoms with Gasteiger partial charge in [-0.2, -0.15) is 10.2 Å². The Labute approximate surface area is 78.1 Å². The molecule has 0 aromatic heterocycles. The molecule has 1 aromatic rings. The van der Waals surface area contributed by atoms with Crippen LogP contribution in [0.25, 0.3) is 0 Å². The number of nitrogens with zero attached hydrogens (tertiary/aromatic N) is 2. The number of benzene rings is 1. The van der Waals surface area contributed by atoms with Crippen LogP contribution in [0.5, 0.6) is 5.75 Å². The van der Waals surface area contributed by atoms with Crippen LogP contribution in [0.2, 0.25) is 0 Å². The first kappa shape index (κ1) is 9.71. The Bertz CT molecular complexity index is 284. The third kappa shape index (κ3) is 3.23. The molecule has 0 fully saturated rings. The molecule has 0 aliphatic heterocycles. The molecule has 3 nitrogen and oxygen atoms in total. The summed E-state index contributed by atoms with van der Waals surface area (Å²) in [7, 11) is 0. The third-order valence-electron chi connectivity index (χ3n) is 1.67.